The number of rotatable bonds is 5. The Bertz CT molecular complexity index is 693. The second kappa shape index (κ2) is 9.56. The zero-order chi connectivity index (χ0) is 23.0. The molecule has 7 atom stereocenters. The lowest BCUT2D eigenvalue weighted by atomic mass is 9.59. The average molecular weight is 429 g/mol. The Labute approximate surface area is 191 Å². The van der Waals surface area contributed by atoms with Gasteiger partial charge in [0.05, 0.1) is 12.2 Å². The molecule has 0 heterocycles. The third-order valence-corrected chi connectivity index (χ3v) is 9.22. The first-order chi connectivity index (χ1) is 14.4. The van der Waals surface area contributed by atoms with E-state index in [0.717, 1.165) is 23.3 Å². The van der Waals surface area contributed by atoms with Crippen LogP contribution < -0.4 is 0 Å². The van der Waals surface area contributed by atoms with Crippen LogP contribution in [0.4, 0.5) is 0 Å². The lowest BCUT2D eigenvalue weighted by Crippen LogP contribution is -2.37. The third kappa shape index (κ3) is 5.56. The number of allylic oxidation sites excluding steroid dienone is 3. The largest absolute Gasteiger partial charge is 0.388 e. The van der Waals surface area contributed by atoms with Crippen LogP contribution in [0.1, 0.15) is 99.3 Å². The summed E-state index contributed by atoms with van der Waals surface area (Å²) in [5.41, 5.74) is 4.20. The van der Waals surface area contributed by atoms with Gasteiger partial charge in [-0.15, -0.1) is 0 Å². The minimum atomic E-state index is -0.601. The minimum Gasteiger partial charge on any atom is -0.388 e. The number of hydrogen-bond donors (Lipinski definition) is 2. The molecule has 0 spiro atoms. The lowest BCUT2D eigenvalue weighted by molar-refractivity contribution is 0.0714. The molecule has 0 saturated heterocycles. The van der Waals surface area contributed by atoms with Crippen LogP contribution >= 0.6 is 0 Å². The van der Waals surface area contributed by atoms with Crippen LogP contribution in [-0.4, -0.2) is 22.4 Å². The van der Waals surface area contributed by atoms with Gasteiger partial charge < -0.3 is 10.2 Å². The van der Waals surface area contributed by atoms with Crippen molar-refractivity contribution >= 4 is 0 Å². The Morgan fingerprint density at radius 1 is 1.10 bits per heavy atom. The first kappa shape index (κ1) is 24.8. The maximum absolute atomic E-state index is 10.2. The minimum absolute atomic E-state index is 0.428. The molecule has 0 bridgehead atoms. The van der Waals surface area contributed by atoms with Crippen LogP contribution in [0.2, 0.25) is 0 Å². The molecule has 3 aliphatic rings. The van der Waals surface area contributed by atoms with E-state index in [1.807, 2.05) is 0 Å². The van der Waals surface area contributed by atoms with E-state index in [2.05, 4.69) is 60.3 Å². The van der Waals surface area contributed by atoms with Gasteiger partial charge in [0.15, 0.2) is 0 Å². The Morgan fingerprint density at radius 2 is 1.74 bits per heavy atom. The molecule has 3 aliphatic carbocycles. The van der Waals surface area contributed by atoms with E-state index in [9.17, 15) is 10.2 Å². The van der Waals surface area contributed by atoms with Gasteiger partial charge in [0.2, 0.25) is 0 Å². The fourth-order valence-corrected chi connectivity index (χ4v) is 6.89. The summed E-state index contributed by atoms with van der Waals surface area (Å²) in [6, 6.07) is 0. The monoisotopic (exact) mass is 428 g/mol. The molecule has 2 unspecified atom stereocenters. The SMILES string of the molecule is C=C1[C@H](O)CC(=C/C=C2\CCC[C@@]3(C)C2CCC3[C@@H](C)[C@@H](C)CCC(C)(C)C)C[C@H]1O. The van der Waals surface area contributed by atoms with Gasteiger partial charge in [0, 0.05) is 0 Å². The van der Waals surface area contributed by atoms with Crippen molar-refractivity contribution in [2.45, 2.75) is 112 Å². The predicted molar refractivity (Wildman–Crippen MR) is 132 cm³/mol. The molecular weight excluding hydrogens is 380 g/mol. The normalized spacial score (nSPS) is 37.6. The second-order valence-corrected chi connectivity index (χ2v) is 12.6. The van der Waals surface area contributed by atoms with Gasteiger partial charge in [-0.3, -0.25) is 0 Å². The maximum Gasteiger partial charge on any atom is 0.0809 e. The van der Waals surface area contributed by atoms with E-state index >= 15 is 0 Å². The second-order valence-electron chi connectivity index (χ2n) is 12.6. The van der Waals surface area contributed by atoms with Crippen LogP contribution in [0.25, 0.3) is 0 Å². The van der Waals surface area contributed by atoms with E-state index in [-0.39, 0.29) is 0 Å². The van der Waals surface area contributed by atoms with Crippen molar-refractivity contribution in [1.82, 2.24) is 0 Å². The molecule has 31 heavy (non-hydrogen) atoms. The number of fused-ring (bicyclic) bond motifs is 1. The zero-order valence-electron chi connectivity index (χ0n) is 21.1. The molecule has 3 saturated carbocycles. The van der Waals surface area contributed by atoms with Crippen molar-refractivity contribution in [3.63, 3.8) is 0 Å². The Balaban J connectivity index is 1.71. The van der Waals surface area contributed by atoms with Crippen molar-refractivity contribution in [1.29, 1.82) is 0 Å². The standard InChI is InChI=1S/C29H48O2/c1-19(14-16-28(4,5)6)20(2)24-12-13-25-23(9-8-15-29(24,25)7)11-10-22-17-26(30)21(3)27(31)18-22/h10-11,19-20,24-27,30-31H,3,8-9,12-18H2,1-2,4-7H3/b23-11+/t19-,20-,24?,25?,26+,27+,29+/m0/s1. The van der Waals surface area contributed by atoms with E-state index in [0.29, 0.717) is 35.2 Å². The molecule has 2 nitrogen and oxygen atoms in total. The quantitative estimate of drug-likeness (QED) is 0.454. The molecule has 0 aliphatic heterocycles. The summed E-state index contributed by atoms with van der Waals surface area (Å²) in [4.78, 5) is 0. The number of aliphatic hydroxyl groups is 2. The zero-order valence-corrected chi connectivity index (χ0v) is 21.1. The lowest BCUT2D eigenvalue weighted by Gasteiger charge is -2.45. The van der Waals surface area contributed by atoms with Crippen LogP contribution in [0, 0.1) is 34.5 Å². The number of hydrogen-bond acceptors (Lipinski definition) is 2. The van der Waals surface area contributed by atoms with Crippen LogP contribution in [0.5, 0.6) is 0 Å². The summed E-state index contributed by atoms with van der Waals surface area (Å²) < 4.78 is 0. The summed E-state index contributed by atoms with van der Waals surface area (Å²) in [7, 11) is 0. The van der Waals surface area contributed by atoms with Crippen LogP contribution in [0.3, 0.4) is 0 Å². The third-order valence-electron chi connectivity index (χ3n) is 9.22. The van der Waals surface area contributed by atoms with Gasteiger partial charge in [-0.2, -0.15) is 0 Å². The van der Waals surface area contributed by atoms with Gasteiger partial charge in [-0.05, 0) is 97.9 Å². The average Bonchev–Trinajstić information content (AvgIpc) is 3.04. The van der Waals surface area contributed by atoms with Gasteiger partial charge in [-0.1, -0.05) is 71.4 Å². The van der Waals surface area contributed by atoms with Crippen molar-refractivity contribution < 1.29 is 10.2 Å². The molecule has 3 rings (SSSR count). The first-order valence-corrected chi connectivity index (χ1v) is 12.9. The molecule has 0 aromatic carbocycles. The summed E-state index contributed by atoms with van der Waals surface area (Å²) >= 11 is 0. The maximum atomic E-state index is 10.2. The highest BCUT2D eigenvalue weighted by atomic mass is 16.3. The van der Waals surface area contributed by atoms with E-state index in [1.54, 1.807) is 5.57 Å². The first-order valence-electron chi connectivity index (χ1n) is 12.9. The summed E-state index contributed by atoms with van der Waals surface area (Å²) in [6.45, 7) is 18.5. The van der Waals surface area contributed by atoms with Crippen molar-refractivity contribution in [2.75, 3.05) is 0 Å². The highest BCUT2D eigenvalue weighted by Gasteiger charge is 2.51. The van der Waals surface area contributed by atoms with Crippen LogP contribution in [0.15, 0.2) is 35.5 Å². The molecule has 0 amide bonds. The fraction of sp³-hybridized carbons (Fsp3) is 0.793. The Morgan fingerprint density at radius 3 is 2.35 bits per heavy atom. The van der Waals surface area contributed by atoms with Crippen molar-refractivity contribution in [2.24, 2.45) is 34.5 Å². The molecule has 2 heteroatoms. The van der Waals surface area contributed by atoms with Crippen molar-refractivity contribution in [3.05, 3.63) is 35.5 Å². The molecule has 3 fully saturated rings. The van der Waals surface area contributed by atoms with Crippen molar-refractivity contribution in [3.8, 4) is 0 Å². The molecule has 0 radical (unpaired) electrons. The Kier molecular flexibility index (Phi) is 7.64. The molecular formula is C29H48O2. The van der Waals surface area contributed by atoms with E-state index < -0.39 is 12.2 Å². The highest BCUT2D eigenvalue weighted by Crippen LogP contribution is 2.60. The summed E-state index contributed by atoms with van der Waals surface area (Å²) in [5.74, 6) is 3.10. The van der Waals surface area contributed by atoms with Gasteiger partial charge in [0.25, 0.3) is 0 Å². The molecule has 176 valence electrons. The fourth-order valence-electron chi connectivity index (χ4n) is 6.89. The molecule has 0 aromatic heterocycles. The smallest absolute Gasteiger partial charge is 0.0809 e. The summed E-state index contributed by atoms with van der Waals surface area (Å²) in [5, 5.41) is 20.3. The van der Waals surface area contributed by atoms with Crippen LogP contribution in [-0.2, 0) is 0 Å². The van der Waals surface area contributed by atoms with E-state index in [1.165, 1.54) is 44.9 Å². The topological polar surface area (TPSA) is 40.5 Å². The predicted octanol–water partition coefficient (Wildman–Crippen LogP) is 7.23. The van der Waals surface area contributed by atoms with E-state index in [4.69, 9.17) is 0 Å². The van der Waals surface area contributed by atoms with Gasteiger partial charge in [0.1, 0.15) is 0 Å². The van der Waals surface area contributed by atoms with Gasteiger partial charge >= 0.3 is 0 Å². The highest BCUT2D eigenvalue weighted by molar-refractivity contribution is 5.29. The number of aliphatic hydroxyl groups excluding tert-OH is 2. The summed E-state index contributed by atoms with van der Waals surface area (Å²) in [6.07, 6.45) is 13.8. The Hall–Kier alpha value is -0.860. The molecule has 0 aromatic rings. The van der Waals surface area contributed by atoms with Gasteiger partial charge in [-0.25, -0.2) is 0 Å². The molecule has 2 N–H and O–H groups in total.